The summed E-state index contributed by atoms with van der Waals surface area (Å²) in [6.07, 6.45) is 10.2. The van der Waals surface area contributed by atoms with Crippen molar-refractivity contribution in [3.63, 3.8) is 0 Å². The zero-order chi connectivity index (χ0) is 16.6. The van der Waals surface area contributed by atoms with E-state index >= 15 is 0 Å². The second-order valence-corrected chi connectivity index (χ2v) is 6.86. The normalized spacial score (nSPS) is 15.0. The van der Waals surface area contributed by atoms with Gasteiger partial charge in [0.1, 0.15) is 0 Å². The van der Waals surface area contributed by atoms with Crippen molar-refractivity contribution in [3.05, 3.63) is 59.9 Å². The lowest BCUT2D eigenvalue weighted by molar-refractivity contribution is 0.415. The first kappa shape index (κ1) is 16.9. The average molecular weight is 340 g/mol. The Morgan fingerprint density at radius 2 is 1.92 bits per heavy atom. The zero-order valence-corrected chi connectivity index (χ0v) is 14.8. The lowest BCUT2D eigenvalue weighted by atomic mass is 9.96. The lowest BCUT2D eigenvalue weighted by Crippen LogP contribution is -2.38. The predicted octanol–water partition coefficient (Wildman–Crippen LogP) is 4.49. The number of hydrogen-bond donors (Lipinski definition) is 2. The van der Waals surface area contributed by atoms with E-state index < -0.39 is 0 Å². The number of rotatable bonds is 5. The van der Waals surface area contributed by atoms with Gasteiger partial charge in [0.05, 0.1) is 0 Å². The molecule has 0 atom stereocenters. The van der Waals surface area contributed by atoms with Gasteiger partial charge in [-0.3, -0.25) is 4.98 Å². The molecule has 0 aliphatic heterocycles. The predicted molar refractivity (Wildman–Crippen MR) is 104 cm³/mol. The minimum absolute atomic E-state index is 0.533. The number of nitrogens with one attached hydrogen (secondary N) is 2. The van der Waals surface area contributed by atoms with Crippen LogP contribution < -0.4 is 10.6 Å². The van der Waals surface area contributed by atoms with Gasteiger partial charge in [0.15, 0.2) is 5.11 Å². The number of hydrogen-bond acceptors (Lipinski definition) is 2. The smallest absolute Gasteiger partial charge is 0.170 e. The van der Waals surface area contributed by atoms with E-state index in [2.05, 4.69) is 45.9 Å². The molecule has 0 unspecified atom stereocenters. The molecule has 24 heavy (non-hydrogen) atoms. The Bertz CT molecular complexity index is 651. The molecule has 3 nitrogen and oxygen atoms in total. The van der Waals surface area contributed by atoms with Crippen LogP contribution in [0.3, 0.4) is 0 Å². The molecule has 0 radical (unpaired) electrons. The number of benzene rings is 1. The summed E-state index contributed by atoms with van der Waals surface area (Å²) in [6.45, 7) is 0. The quantitative estimate of drug-likeness (QED) is 0.787. The highest BCUT2D eigenvalue weighted by Gasteiger charge is 2.13. The molecule has 2 N–H and O–H groups in total. The number of aryl methyl sites for hydroxylation is 2. The van der Waals surface area contributed by atoms with Crippen molar-refractivity contribution in [2.45, 2.75) is 51.0 Å². The van der Waals surface area contributed by atoms with Crippen molar-refractivity contribution in [3.8, 4) is 0 Å². The Hall–Kier alpha value is -1.94. The van der Waals surface area contributed by atoms with Gasteiger partial charge in [0.2, 0.25) is 0 Å². The molecule has 1 aliphatic rings. The van der Waals surface area contributed by atoms with Crippen molar-refractivity contribution < 1.29 is 0 Å². The molecule has 1 aromatic carbocycles. The first-order valence-corrected chi connectivity index (χ1v) is 9.27. The van der Waals surface area contributed by atoms with E-state index in [0.717, 1.165) is 29.3 Å². The van der Waals surface area contributed by atoms with Gasteiger partial charge in [-0.05, 0) is 67.7 Å². The molecule has 0 amide bonds. The van der Waals surface area contributed by atoms with Crippen LogP contribution in [0.25, 0.3) is 0 Å². The van der Waals surface area contributed by atoms with Crippen LogP contribution in [0.15, 0.2) is 48.7 Å². The Labute approximate surface area is 149 Å². The number of thiocarbonyl (C=S) groups is 1. The lowest BCUT2D eigenvalue weighted by Gasteiger charge is -2.24. The summed E-state index contributed by atoms with van der Waals surface area (Å²) in [6, 6.07) is 15.1. The third kappa shape index (κ3) is 5.31. The van der Waals surface area contributed by atoms with Crippen molar-refractivity contribution in [1.82, 2.24) is 10.3 Å². The van der Waals surface area contributed by atoms with E-state index in [-0.39, 0.29) is 0 Å². The summed E-state index contributed by atoms with van der Waals surface area (Å²) in [5.74, 6) is 0. The fourth-order valence-electron chi connectivity index (χ4n) is 3.22. The van der Waals surface area contributed by atoms with Crippen LogP contribution in [-0.2, 0) is 12.8 Å². The minimum Gasteiger partial charge on any atom is -0.360 e. The Kier molecular flexibility index (Phi) is 6.19. The summed E-state index contributed by atoms with van der Waals surface area (Å²) in [5, 5.41) is 7.53. The summed E-state index contributed by atoms with van der Waals surface area (Å²) in [5.41, 5.74) is 3.48. The monoisotopic (exact) mass is 339 g/mol. The summed E-state index contributed by atoms with van der Waals surface area (Å²) in [7, 11) is 0. The van der Waals surface area contributed by atoms with E-state index in [1.807, 2.05) is 18.3 Å². The van der Waals surface area contributed by atoms with Crippen LogP contribution in [0.1, 0.15) is 43.4 Å². The van der Waals surface area contributed by atoms with Crippen LogP contribution in [0.5, 0.6) is 0 Å². The maximum absolute atomic E-state index is 5.47. The molecule has 1 fully saturated rings. The molecule has 2 aromatic rings. The molecule has 126 valence electrons. The zero-order valence-electron chi connectivity index (χ0n) is 14.0. The number of aromatic nitrogens is 1. The molecule has 4 heteroatoms. The third-order valence-electron chi connectivity index (χ3n) is 4.52. The maximum Gasteiger partial charge on any atom is 0.170 e. The van der Waals surface area contributed by atoms with Crippen molar-refractivity contribution in [2.24, 2.45) is 0 Å². The Balaban J connectivity index is 1.51. The second-order valence-electron chi connectivity index (χ2n) is 6.45. The molecule has 1 saturated carbocycles. The minimum atomic E-state index is 0.533. The second kappa shape index (κ2) is 8.78. The van der Waals surface area contributed by atoms with Gasteiger partial charge in [-0.1, -0.05) is 37.5 Å². The standard InChI is InChI=1S/C20H25N3S/c24-20(22-18-9-2-1-3-10-18)23-19-11-6-7-16(15-19)12-13-17-8-4-5-14-21-17/h4-8,11,14-15,18H,1-3,9-10,12-13H2,(H2,22,23,24). The van der Waals surface area contributed by atoms with Gasteiger partial charge in [-0.2, -0.15) is 0 Å². The maximum atomic E-state index is 5.47. The van der Waals surface area contributed by atoms with E-state index in [0.29, 0.717) is 6.04 Å². The van der Waals surface area contributed by atoms with E-state index in [9.17, 15) is 0 Å². The molecule has 0 spiro atoms. The van der Waals surface area contributed by atoms with Crippen LogP contribution >= 0.6 is 12.2 Å². The third-order valence-corrected chi connectivity index (χ3v) is 4.74. The van der Waals surface area contributed by atoms with Gasteiger partial charge in [-0.15, -0.1) is 0 Å². The van der Waals surface area contributed by atoms with Gasteiger partial charge < -0.3 is 10.6 Å². The molecular weight excluding hydrogens is 314 g/mol. The molecule has 0 saturated heterocycles. The largest absolute Gasteiger partial charge is 0.360 e. The van der Waals surface area contributed by atoms with Crippen LogP contribution in [-0.4, -0.2) is 16.1 Å². The molecule has 1 aromatic heterocycles. The fourth-order valence-corrected chi connectivity index (χ4v) is 3.51. The van der Waals surface area contributed by atoms with Gasteiger partial charge in [0, 0.05) is 23.6 Å². The number of nitrogens with zero attached hydrogens (tertiary/aromatic N) is 1. The Morgan fingerprint density at radius 3 is 2.71 bits per heavy atom. The first-order chi connectivity index (χ1) is 11.8. The Morgan fingerprint density at radius 1 is 1.04 bits per heavy atom. The van der Waals surface area contributed by atoms with Crippen LogP contribution in [0, 0.1) is 0 Å². The van der Waals surface area contributed by atoms with Gasteiger partial charge in [0.25, 0.3) is 0 Å². The summed E-state index contributed by atoms with van der Waals surface area (Å²) >= 11 is 5.47. The summed E-state index contributed by atoms with van der Waals surface area (Å²) in [4.78, 5) is 4.38. The molecule has 3 rings (SSSR count). The first-order valence-electron chi connectivity index (χ1n) is 8.86. The number of pyridine rings is 1. The average Bonchev–Trinajstić information content (AvgIpc) is 2.62. The van der Waals surface area contributed by atoms with Crippen molar-refractivity contribution in [1.29, 1.82) is 0 Å². The summed E-state index contributed by atoms with van der Waals surface area (Å²) < 4.78 is 0. The van der Waals surface area contributed by atoms with Crippen LogP contribution in [0.2, 0.25) is 0 Å². The fraction of sp³-hybridized carbons (Fsp3) is 0.400. The highest BCUT2D eigenvalue weighted by Crippen LogP contribution is 2.18. The van der Waals surface area contributed by atoms with Crippen LogP contribution in [0.4, 0.5) is 5.69 Å². The van der Waals surface area contributed by atoms with E-state index in [1.54, 1.807) is 0 Å². The molecule has 0 bridgehead atoms. The molecule has 1 aliphatic carbocycles. The van der Waals surface area contributed by atoms with Gasteiger partial charge >= 0.3 is 0 Å². The SMILES string of the molecule is S=C(Nc1cccc(CCc2ccccn2)c1)NC1CCCCC1. The van der Waals surface area contributed by atoms with Gasteiger partial charge in [-0.25, -0.2) is 0 Å². The molecule has 1 heterocycles. The molecular formula is C20H25N3S. The topological polar surface area (TPSA) is 37.0 Å². The highest BCUT2D eigenvalue weighted by atomic mass is 32.1. The highest BCUT2D eigenvalue weighted by molar-refractivity contribution is 7.80. The van der Waals surface area contributed by atoms with E-state index in [1.165, 1.54) is 37.7 Å². The van der Waals surface area contributed by atoms with Crippen molar-refractivity contribution in [2.75, 3.05) is 5.32 Å². The number of anilines is 1. The van der Waals surface area contributed by atoms with E-state index in [4.69, 9.17) is 12.2 Å². The van der Waals surface area contributed by atoms with Crippen molar-refractivity contribution >= 4 is 23.0 Å².